The van der Waals surface area contributed by atoms with Gasteiger partial charge in [-0.15, -0.1) is 0 Å². The van der Waals surface area contributed by atoms with Gasteiger partial charge in [0.1, 0.15) is 0 Å². The highest BCUT2D eigenvalue weighted by molar-refractivity contribution is 4.57. The summed E-state index contributed by atoms with van der Waals surface area (Å²) in [6.45, 7) is 7.92. The first kappa shape index (κ1) is 10.9. The molecule has 0 radical (unpaired) electrons. The van der Waals surface area contributed by atoms with Crippen molar-refractivity contribution >= 4 is 0 Å². The molecular formula is C9H22N2. The van der Waals surface area contributed by atoms with Crippen LogP contribution in [0.4, 0.5) is 0 Å². The van der Waals surface area contributed by atoms with E-state index >= 15 is 0 Å². The molecular weight excluding hydrogens is 136 g/mol. The molecule has 1 atom stereocenters. The van der Waals surface area contributed by atoms with Crippen LogP contribution in [0.15, 0.2) is 0 Å². The average molecular weight is 158 g/mol. The third-order valence-electron chi connectivity index (χ3n) is 1.63. The first-order valence-corrected chi connectivity index (χ1v) is 4.43. The molecule has 68 valence electrons. The van der Waals surface area contributed by atoms with Crippen molar-refractivity contribution in [1.29, 1.82) is 0 Å². The summed E-state index contributed by atoms with van der Waals surface area (Å²) < 4.78 is 0. The normalized spacial score (nSPS) is 14.5. The van der Waals surface area contributed by atoms with Gasteiger partial charge in [0.2, 0.25) is 0 Å². The Hall–Kier alpha value is -0.0800. The van der Waals surface area contributed by atoms with Crippen LogP contribution < -0.4 is 5.43 Å². The molecule has 0 fully saturated rings. The molecule has 0 aromatic carbocycles. The van der Waals surface area contributed by atoms with E-state index in [0.29, 0.717) is 0 Å². The Morgan fingerprint density at radius 3 is 2.09 bits per heavy atom. The van der Waals surface area contributed by atoms with Crippen LogP contribution in [0.25, 0.3) is 0 Å². The van der Waals surface area contributed by atoms with Crippen LogP contribution in [0.1, 0.15) is 27.2 Å². The van der Waals surface area contributed by atoms with Crippen LogP contribution >= 0.6 is 0 Å². The Bertz CT molecular complexity index is 89.6. The first-order chi connectivity index (χ1) is 5.02. The molecule has 2 nitrogen and oxygen atoms in total. The van der Waals surface area contributed by atoms with Gasteiger partial charge in [0.15, 0.2) is 0 Å². The quantitative estimate of drug-likeness (QED) is 0.613. The molecule has 1 unspecified atom stereocenters. The molecule has 0 aliphatic rings. The van der Waals surface area contributed by atoms with Crippen molar-refractivity contribution in [3.05, 3.63) is 0 Å². The summed E-state index contributed by atoms with van der Waals surface area (Å²) in [4.78, 5) is 0. The van der Waals surface area contributed by atoms with E-state index in [-0.39, 0.29) is 0 Å². The van der Waals surface area contributed by atoms with Crippen molar-refractivity contribution in [2.45, 2.75) is 27.2 Å². The summed E-state index contributed by atoms with van der Waals surface area (Å²) >= 11 is 0. The van der Waals surface area contributed by atoms with Crippen molar-refractivity contribution in [2.24, 2.45) is 11.8 Å². The van der Waals surface area contributed by atoms with E-state index in [9.17, 15) is 0 Å². The maximum atomic E-state index is 3.28. The van der Waals surface area contributed by atoms with Gasteiger partial charge in [-0.05, 0) is 18.3 Å². The maximum Gasteiger partial charge on any atom is 0.0128 e. The van der Waals surface area contributed by atoms with Gasteiger partial charge in [0, 0.05) is 20.6 Å². The third kappa shape index (κ3) is 7.82. The molecule has 0 saturated carbocycles. The van der Waals surface area contributed by atoms with Gasteiger partial charge in [-0.2, -0.15) is 0 Å². The minimum atomic E-state index is 0.775. The van der Waals surface area contributed by atoms with E-state index in [1.165, 1.54) is 6.42 Å². The molecule has 0 amide bonds. The summed E-state index contributed by atoms with van der Waals surface area (Å²) in [6.07, 6.45) is 1.31. The minimum Gasteiger partial charge on any atom is -0.255 e. The summed E-state index contributed by atoms with van der Waals surface area (Å²) in [5.41, 5.74) is 3.28. The van der Waals surface area contributed by atoms with E-state index in [1.807, 2.05) is 19.1 Å². The van der Waals surface area contributed by atoms with Crippen molar-refractivity contribution < 1.29 is 0 Å². The fourth-order valence-corrected chi connectivity index (χ4v) is 1.23. The Morgan fingerprint density at radius 2 is 1.73 bits per heavy atom. The maximum absolute atomic E-state index is 3.28. The van der Waals surface area contributed by atoms with Crippen LogP contribution in [-0.4, -0.2) is 25.6 Å². The van der Waals surface area contributed by atoms with Crippen LogP contribution in [0.2, 0.25) is 0 Å². The lowest BCUT2D eigenvalue weighted by atomic mass is 9.99. The van der Waals surface area contributed by atoms with Crippen molar-refractivity contribution in [1.82, 2.24) is 10.4 Å². The Kier molecular flexibility index (Phi) is 5.51. The van der Waals surface area contributed by atoms with Crippen LogP contribution in [0, 0.1) is 11.8 Å². The molecule has 0 aliphatic carbocycles. The van der Waals surface area contributed by atoms with E-state index in [0.717, 1.165) is 18.4 Å². The standard InChI is InChI=1S/C9H22N2/c1-8(2)6-9(3)7-10-11(4)5/h8-10H,6-7H2,1-5H3. The number of nitrogens with zero attached hydrogens (tertiary/aromatic N) is 1. The largest absolute Gasteiger partial charge is 0.255 e. The smallest absolute Gasteiger partial charge is 0.0128 e. The molecule has 0 rings (SSSR count). The second-order valence-corrected chi connectivity index (χ2v) is 3.99. The molecule has 0 saturated heterocycles. The molecule has 2 heteroatoms. The van der Waals surface area contributed by atoms with Crippen LogP contribution in [0.5, 0.6) is 0 Å². The second-order valence-electron chi connectivity index (χ2n) is 3.99. The first-order valence-electron chi connectivity index (χ1n) is 4.43. The number of nitrogens with one attached hydrogen (secondary N) is 1. The highest BCUT2D eigenvalue weighted by atomic mass is 15.5. The van der Waals surface area contributed by atoms with E-state index in [1.54, 1.807) is 0 Å². The fourth-order valence-electron chi connectivity index (χ4n) is 1.23. The fraction of sp³-hybridized carbons (Fsp3) is 1.00. The van der Waals surface area contributed by atoms with Crippen molar-refractivity contribution in [3.8, 4) is 0 Å². The van der Waals surface area contributed by atoms with Crippen molar-refractivity contribution in [2.75, 3.05) is 20.6 Å². The van der Waals surface area contributed by atoms with Crippen molar-refractivity contribution in [3.63, 3.8) is 0 Å². The van der Waals surface area contributed by atoms with Gasteiger partial charge in [-0.25, -0.2) is 0 Å². The Morgan fingerprint density at radius 1 is 1.18 bits per heavy atom. The number of hydrogen-bond acceptors (Lipinski definition) is 2. The topological polar surface area (TPSA) is 15.3 Å². The van der Waals surface area contributed by atoms with Crippen LogP contribution in [-0.2, 0) is 0 Å². The van der Waals surface area contributed by atoms with Gasteiger partial charge < -0.3 is 0 Å². The van der Waals surface area contributed by atoms with Gasteiger partial charge >= 0.3 is 0 Å². The zero-order valence-corrected chi connectivity index (χ0v) is 8.52. The summed E-state index contributed by atoms with van der Waals surface area (Å²) in [6, 6.07) is 0. The Balaban J connectivity index is 3.29. The predicted molar refractivity (Wildman–Crippen MR) is 50.3 cm³/mol. The molecule has 0 aromatic rings. The van der Waals surface area contributed by atoms with E-state index < -0.39 is 0 Å². The minimum absolute atomic E-state index is 0.775. The van der Waals surface area contributed by atoms with Gasteiger partial charge in [-0.3, -0.25) is 10.4 Å². The highest BCUT2D eigenvalue weighted by Gasteiger charge is 2.04. The highest BCUT2D eigenvalue weighted by Crippen LogP contribution is 2.09. The number of hydrazine groups is 1. The second kappa shape index (κ2) is 5.56. The zero-order chi connectivity index (χ0) is 8.85. The summed E-state index contributed by atoms with van der Waals surface area (Å²) in [5.74, 6) is 1.59. The third-order valence-corrected chi connectivity index (χ3v) is 1.63. The molecule has 1 N–H and O–H groups in total. The lowest BCUT2D eigenvalue weighted by Crippen LogP contribution is -2.34. The lowest BCUT2D eigenvalue weighted by Gasteiger charge is -2.18. The number of hydrogen-bond donors (Lipinski definition) is 1. The molecule has 11 heavy (non-hydrogen) atoms. The van der Waals surface area contributed by atoms with Crippen LogP contribution in [0.3, 0.4) is 0 Å². The monoisotopic (exact) mass is 158 g/mol. The van der Waals surface area contributed by atoms with E-state index in [2.05, 4.69) is 26.2 Å². The predicted octanol–water partition coefficient (Wildman–Crippen LogP) is 1.73. The zero-order valence-electron chi connectivity index (χ0n) is 8.52. The van der Waals surface area contributed by atoms with Gasteiger partial charge in [-0.1, -0.05) is 20.8 Å². The molecule has 0 aromatic heterocycles. The lowest BCUT2D eigenvalue weighted by molar-refractivity contribution is 0.255. The average Bonchev–Trinajstić information content (AvgIpc) is 1.82. The number of rotatable bonds is 5. The SMILES string of the molecule is CC(C)CC(C)CNN(C)C. The molecule has 0 heterocycles. The van der Waals surface area contributed by atoms with Gasteiger partial charge in [0.25, 0.3) is 0 Å². The van der Waals surface area contributed by atoms with E-state index in [4.69, 9.17) is 0 Å². The Labute approximate surface area is 70.9 Å². The molecule has 0 aliphatic heterocycles. The molecule has 0 spiro atoms. The van der Waals surface area contributed by atoms with Gasteiger partial charge in [0.05, 0.1) is 0 Å². The summed E-state index contributed by atoms with van der Waals surface area (Å²) in [7, 11) is 4.06. The summed E-state index contributed by atoms with van der Waals surface area (Å²) in [5, 5.41) is 2.01. The molecule has 0 bridgehead atoms.